The minimum atomic E-state index is -0.551. The molecule has 0 radical (unpaired) electrons. The highest BCUT2D eigenvalue weighted by Gasteiger charge is 2.39. The third kappa shape index (κ3) is 3.17. The lowest BCUT2D eigenvalue weighted by Gasteiger charge is -2.29. The van der Waals surface area contributed by atoms with Gasteiger partial charge in [0.1, 0.15) is 6.04 Å². The van der Waals surface area contributed by atoms with Crippen LogP contribution in [-0.2, 0) is 22.7 Å². The zero-order valence-corrected chi connectivity index (χ0v) is 14.0. The van der Waals surface area contributed by atoms with Crippen molar-refractivity contribution in [1.29, 1.82) is 0 Å². The molecule has 132 valence electrons. The molecule has 3 N–H and O–H groups in total. The molecule has 25 heavy (non-hydrogen) atoms. The fraction of sp³-hybridized carbons (Fsp3) is 0.500. The molecule has 2 saturated heterocycles. The Bertz CT molecular complexity index is 729. The van der Waals surface area contributed by atoms with Gasteiger partial charge in [0.2, 0.25) is 11.8 Å². The van der Waals surface area contributed by atoms with Gasteiger partial charge in [0, 0.05) is 44.7 Å². The van der Waals surface area contributed by atoms with Crippen molar-refractivity contribution in [2.45, 2.75) is 32.0 Å². The molecule has 1 aromatic rings. The Morgan fingerprint density at radius 2 is 2.04 bits per heavy atom. The number of imide groups is 1. The molecule has 0 bridgehead atoms. The van der Waals surface area contributed by atoms with Gasteiger partial charge >= 0.3 is 0 Å². The van der Waals surface area contributed by atoms with E-state index < -0.39 is 6.04 Å². The molecule has 4 rings (SSSR count). The number of rotatable bonds is 5. The lowest BCUT2D eigenvalue weighted by molar-refractivity contribution is -0.136. The van der Waals surface area contributed by atoms with Crippen molar-refractivity contribution in [3.63, 3.8) is 0 Å². The molecule has 0 saturated carbocycles. The van der Waals surface area contributed by atoms with Crippen LogP contribution in [0.15, 0.2) is 18.2 Å². The third-order valence-electron chi connectivity index (χ3n) is 5.22. The lowest BCUT2D eigenvalue weighted by atomic mass is 10.0. The van der Waals surface area contributed by atoms with E-state index >= 15 is 0 Å². The summed E-state index contributed by atoms with van der Waals surface area (Å²) < 4.78 is 0. The Morgan fingerprint density at radius 1 is 1.20 bits per heavy atom. The van der Waals surface area contributed by atoms with Gasteiger partial charge in [-0.05, 0) is 29.5 Å². The average molecular weight is 342 g/mol. The Morgan fingerprint density at radius 3 is 2.76 bits per heavy atom. The van der Waals surface area contributed by atoms with Crippen molar-refractivity contribution in [3.8, 4) is 0 Å². The zero-order chi connectivity index (χ0) is 17.4. The second kappa shape index (κ2) is 6.57. The van der Waals surface area contributed by atoms with Crippen LogP contribution in [0.25, 0.3) is 0 Å². The minimum Gasteiger partial charge on any atom is -0.322 e. The number of amides is 3. The minimum absolute atomic E-state index is 0.116. The van der Waals surface area contributed by atoms with E-state index in [1.165, 1.54) is 0 Å². The number of piperidine rings is 1. The van der Waals surface area contributed by atoms with Crippen molar-refractivity contribution in [1.82, 2.24) is 20.9 Å². The van der Waals surface area contributed by atoms with Crippen LogP contribution in [0, 0.1) is 5.92 Å². The zero-order valence-electron chi connectivity index (χ0n) is 14.0. The first kappa shape index (κ1) is 16.2. The maximum absolute atomic E-state index is 12.7. The number of benzene rings is 1. The SMILES string of the molecule is O=C1CCC(N2Cc3ccc(CNCC4CNC4)cc3C2=O)C(=O)N1. The van der Waals surface area contributed by atoms with Gasteiger partial charge in [-0.25, -0.2) is 0 Å². The summed E-state index contributed by atoms with van der Waals surface area (Å²) >= 11 is 0. The number of fused-ring (bicyclic) bond motifs is 1. The molecular weight excluding hydrogens is 320 g/mol. The molecule has 0 aliphatic carbocycles. The molecule has 1 aromatic carbocycles. The smallest absolute Gasteiger partial charge is 0.255 e. The van der Waals surface area contributed by atoms with E-state index in [1.54, 1.807) is 4.90 Å². The number of nitrogens with one attached hydrogen (secondary N) is 3. The predicted octanol–water partition coefficient (Wildman–Crippen LogP) is -0.243. The van der Waals surface area contributed by atoms with Crippen LogP contribution in [0.3, 0.4) is 0 Å². The summed E-state index contributed by atoms with van der Waals surface area (Å²) in [6.07, 6.45) is 0.677. The van der Waals surface area contributed by atoms with Gasteiger partial charge in [-0.1, -0.05) is 12.1 Å². The maximum atomic E-state index is 12.7. The summed E-state index contributed by atoms with van der Waals surface area (Å²) in [6.45, 7) is 4.27. The van der Waals surface area contributed by atoms with Crippen LogP contribution < -0.4 is 16.0 Å². The lowest BCUT2D eigenvalue weighted by Crippen LogP contribution is -2.52. The number of carbonyl (C=O) groups excluding carboxylic acids is 3. The Balaban J connectivity index is 1.42. The van der Waals surface area contributed by atoms with Crippen LogP contribution >= 0.6 is 0 Å². The second-order valence-corrected chi connectivity index (χ2v) is 7.05. The highest BCUT2D eigenvalue weighted by atomic mass is 16.2. The molecule has 1 atom stereocenters. The summed E-state index contributed by atoms with van der Waals surface area (Å²) in [4.78, 5) is 37.7. The molecule has 7 heteroatoms. The van der Waals surface area contributed by atoms with Crippen molar-refractivity contribution >= 4 is 17.7 Å². The van der Waals surface area contributed by atoms with E-state index in [-0.39, 0.29) is 24.1 Å². The Hall–Kier alpha value is -2.25. The molecule has 1 unspecified atom stereocenters. The van der Waals surface area contributed by atoms with Crippen LogP contribution in [0.1, 0.15) is 34.3 Å². The fourth-order valence-corrected chi connectivity index (χ4v) is 3.63. The summed E-state index contributed by atoms with van der Waals surface area (Å²) in [7, 11) is 0. The molecule has 3 aliphatic heterocycles. The maximum Gasteiger partial charge on any atom is 0.255 e. The molecule has 3 aliphatic rings. The molecule has 3 amide bonds. The highest BCUT2D eigenvalue weighted by Crippen LogP contribution is 2.28. The second-order valence-electron chi connectivity index (χ2n) is 7.05. The summed E-state index contributed by atoms with van der Waals surface area (Å²) in [6, 6.07) is 5.38. The van der Waals surface area contributed by atoms with Gasteiger partial charge in [0.25, 0.3) is 5.91 Å². The third-order valence-corrected chi connectivity index (χ3v) is 5.22. The van der Waals surface area contributed by atoms with E-state index in [0.717, 1.165) is 37.3 Å². The monoisotopic (exact) mass is 342 g/mol. The normalized spacial score (nSPS) is 23.4. The largest absolute Gasteiger partial charge is 0.322 e. The first-order chi connectivity index (χ1) is 12.1. The van der Waals surface area contributed by atoms with Gasteiger partial charge in [0.15, 0.2) is 0 Å². The Kier molecular flexibility index (Phi) is 4.27. The van der Waals surface area contributed by atoms with Gasteiger partial charge < -0.3 is 15.5 Å². The predicted molar refractivity (Wildman–Crippen MR) is 90.6 cm³/mol. The van der Waals surface area contributed by atoms with E-state index in [0.29, 0.717) is 24.4 Å². The van der Waals surface area contributed by atoms with Crippen molar-refractivity contribution in [2.24, 2.45) is 5.92 Å². The van der Waals surface area contributed by atoms with Crippen LogP contribution in [0.5, 0.6) is 0 Å². The van der Waals surface area contributed by atoms with Gasteiger partial charge in [-0.3, -0.25) is 19.7 Å². The number of hydrogen-bond acceptors (Lipinski definition) is 5. The van der Waals surface area contributed by atoms with Crippen molar-refractivity contribution in [2.75, 3.05) is 19.6 Å². The molecular formula is C18H22N4O3. The van der Waals surface area contributed by atoms with E-state index in [1.807, 2.05) is 18.2 Å². The van der Waals surface area contributed by atoms with E-state index in [4.69, 9.17) is 0 Å². The molecule has 0 spiro atoms. The Labute approximate surface area is 146 Å². The standard InChI is InChI=1S/C18H22N4O3/c23-16-4-3-15(17(24)21-16)22-10-13-2-1-11(5-14(13)18(22)25)6-19-7-12-8-20-9-12/h1-2,5,12,15,19-20H,3-4,6-10H2,(H,21,23,24). The average Bonchev–Trinajstić information content (AvgIpc) is 2.86. The first-order valence-electron chi connectivity index (χ1n) is 8.79. The van der Waals surface area contributed by atoms with Gasteiger partial charge in [-0.2, -0.15) is 0 Å². The fourth-order valence-electron chi connectivity index (χ4n) is 3.63. The van der Waals surface area contributed by atoms with E-state index in [2.05, 4.69) is 16.0 Å². The molecule has 2 fully saturated rings. The van der Waals surface area contributed by atoms with Crippen molar-refractivity contribution in [3.05, 3.63) is 34.9 Å². The summed E-state index contributed by atoms with van der Waals surface area (Å²) in [5.41, 5.74) is 2.69. The summed E-state index contributed by atoms with van der Waals surface area (Å²) in [5, 5.41) is 9.01. The number of nitrogens with zero attached hydrogens (tertiary/aromatic N) is 1. The van der Waals surface area contributed by atoms with Gasteiger partial charge in [0.05, 0.1) is 0 Å². The quantitative estimate of drug-likeness (QED) is 0.643. The summed E-state index contributed by atoms with van der Waals surface area (Å²) in [5.74, 6) is -0.0533. The topological polar surface area (TPSA) is 90.5 Å². The number of carbonyl (C=O) groups is 3. The first-order valence-corrected chi connectivity index (χ1v) is 8.79. The highest BCUT2D eigenvalue weighted by molar-refractivity contribution is 6.05. The molecule has 0 aromatic heterocycles. The van der Waals surface area contributed by atoms with E-state index in [9.17, 15) is 14.4 Å². The van der Waals surface area contributed by atoms with Gasteiger partial charge in [-0.15, -0.1) is 0 Å². The number of hydrogen-bond donors (Lipinski definition) is 3. The van der Waals surface area contributed by atoms with Crippen LogP contribution in [-0.4, -0.2) is 48.3 Å². The van der Waals surface area contributed by atoms with Crippen LogP contribution in [0.2, 0.25) is 0 Å². The molecule has 3 heterocycles. The van der Waals surface area contributed by atoms with Crippen molar-refractivity contribution < 1.29 is 14.4 Å². The van der Waals surface area contributed by atoms with Crippen LogP contribution in [0.4, 0.5) is 0 Å². The molecule has 7 nitrogen and oxygen atoms in total.